The molecule has 0 aliphatic carbocycles. The summed E-state index contributed by atoms with van der Waals surface area (Å²) < 4.78 is 32.4. The number of carbonyl (C=O) groups excluding carboxylic acids is 1. The summed E-state index contributed by atoms with van der Waals surface area (Å²) in [6, 6.07) is 10.2. The molecule has 11 heteroatoms. The van der Waals surface area contributed by atoms with Crippen LogP contribution in [0.2, 0.25) is 0 Å². The highest BCUT2D eigenvalue weighted by atomic mass is 32.2. The van der Waals surface area contributed by atoms with E-state index in [0.29, 0.717) is 41.4 Å². The minimum atomic E-state index is -3.67. The van der Waals surface area contributed by atoms with Crippen molar-refractivity contribution in [3.05, 3.63) is 59.5 Å². The molecule has 0 spiro atoms. The van der Waals surface area contributed by atoms with Crippen molar-refractivity contribution in [2.75, 3.05) is 18.5 Å². The van der Waals surface area contributed by atoms with Crippen LogP contribution in [0.3, 0.4) is 0 Å². The number of nitrogens with two attached hydrogens (primary N) is 1. The monoisotopic (exact) mass is 468 g/mol. The number of carbonyl (C=O) groups is 1. The predicted molar refractivity (Wildman–Crippen MR) is 122 cm³/mol. The quantitative estimate of drug-likeness (QED) is 0.511. The van der Waals surface area contributed by atoms with Gasteiger partial charge >= 0.3 is 0 Å². The van der Waals surface area contributed by atoms with Gasteiger partial charge in [-0.05, 0) is 44.2 Å². The summed E-state index contributed by atoms with van der Waals surface area (Å²) in [4.78, 5) is 17.0. The Morgan fingerprint density at radius 3 is 2.88 bits per heavy atom. The zero-order valence-electron chi connectivity index (χ0n) is 18.2. The summed E-state index contributed by atoms with van der Waals surface area (Å²) >= 11 is 0. The van der Waals surface area contributed by atoms with Gasteiger partial charge in [0.15, 0.2) is 9.84 Å². The molecule has 0 saturated heterocycles. The molecule has 1 amide bonds. The van der Waals surface area contributed by atoms with E-state index >= 15 is 0 Å². The summed E-state index contributed by atoms with van der Waals surface area (Å²) in [5, 5.41) is 14.8. The fourth-order valence-electron chi connectivity index (χ4n) is 3.48. The lowest BCUT2D eigenvalue weighted by atomic mass is 10.1. The second-order valence-corrected chi connectivity index (χ2v) is 10.9. The van der Waals surface area contributed by atoms with Gasteiger partial charge in [0.05, 0.1) is 22.2 Å². The van der Waals surface area contributed by atoms with E-state index in [2.05, 4.69) is 15.6 Å². The van der Waals surface area contributed by atoms with Crippen molar-refractivity contribution in [1.82, 2.24) is 14.7 Å². The molecule has 3 aromatic rings. The number of sulfone groups is 1. The smallest absolute Gasteiger partial charge is 0.275 e. The standard InChI is InChI=1S/C22H24N6O4S/c1-22(2)21(24)25-7-8-32-18-5-4-16(9-15(18)13-33(22,30)31)26-20(29)17-12-28-11-14(10-23)3-6-19(28)27-17/h3-6,9,11-12,21,25H,7-8,13,24H2,1-2H3,(H,26,29). The Labute approximate surface area is 191 Å². The number of ether oxygens (including phenoxy) is 1. The van der Waals surface area contributed by atoms with Crippen LogP contribution in [0.5, 0.6) is 5.75 Å². The molecule has 4 rings (SSSR count). The van der Waals surface area contributed by atoms with E-state index in [4.69, 9.17) is 15.7 Å². The van der Waals surface area contributed by atoms with Gasteiger partial charge in [0.25, 0.3) is 5.91 Å². The third kappa shape index (κ3) is 4.41. The number of fused-ring (bicyclic) bond motifs is 2. The molecule has 0 bridgehead atoms. The average molecular weight is 469 g/mol. The summed E-state index contributed by atoms with van der Waals surface area (Å²) in [6.07, 6.45) is 2.35. The third-order valence-electron chi connectivity index (χ3n) is 5.75. The van der Waals surface area contributed by atoms with Crippen LogP contribution >= 0.6 is 0 Å². The van der Waals surface area contributed by atoms with Gasteiger partial charge in [-0.25, -0.2) is 13.4 Å². The van der Waals surface area contributed by atoms with Gasteiger partial charge in [0.1, 0.15) is 29.8 Å². The van der Waals surface area contributed by atoms with Gasteiger partial charge in [-0.3, -0.25) is 10.1 Å². The van der Waals surface area contributed by atoms with Crippen LogP contribution in [0, 0.1) is 11.3 Å². The first-order valence-electron chi connectivity index (χ1n) is 10.3. The normalized spacial score (nSPS) is 19.6. The van der Waals surface area contributed by atoms with E-state index < -0.39 is 26.7 Å². The number of anilines is 1. The van der Waals surface area contributed by atoms with E-state index in [9.17, 15) is 13.2 Å². The zero-order valence-corrected chi connectivity index (χ0v) is 19.0. The second-order valence-electron chi connectivity index (χ2n) is 8.34. The lowest BCUT2D eigenvalue weighted by Gasteiger charge is -2.33. The van der Waals surface area contributed by atoms with Crippen molar-refractivity contribution in [2.24, 2.45) is 5.73 Å². The van der Waals surface area contributed by atoms with E-state index in [1.165, 1.54) is 6.20 Å². The molecule has 1 unspecified atom stereocenters. The number of benzene rings is 1. The van der Waals surface area contributed by atoms with Crippen LogP contribution in [0.15, 0.2) is 42.7 Å². The minimum absolute atomic E-state index is 0.159. The van der Waals surface area contributed by atoms with Crippen LogP contribution in [0.4, 0.5) is 5.69 Å². The molecule has 33 heavy (non-hydrogen) atoms. The molecule has 1 aliphatic heterocycles. The molecule has 0 fully saturated rings. The highest BCUT2D eigenvalue weighted by Gasteiger charge is 2.40. The van der Waals surface area contributed by atoms with Gasteiger partial charge < -0.3 is 20.2 Å². The van der Waals surface area contributed by atoms with Gasteiger partial charge in [-0.1, -0.05) is 0 Å². The van der Waals surface area contributed by atoms with Crippen LogP contribution in [-0.4, -0.2) is 47.8 Å². The van der Waals surface area contributed by atoms with Crippen LogP contribution in [0.25, 0.3) is 5.65 Å². The number of aromatic nitrogens is 2. The number of amides is 1. The number of rotatable bonds is 2. The lowest BCUT2D eigenvalue weighted by Crippen LogP contribution is -2.58. The molecule has 3 heterocycles. The Hall–Kier alpha value is -3.46. The molecule has 0 radical (unpaired) electrons. The molecule has 1 atom stereocenters. The number of hydrogen-bond acceptors (Lipinski definition) is 8. The van der Waals surface area contributed by atoms with Gasteiger partial charge in [-0.15, -0.1) is 0 Å². The first kappa shape index (κ1) is 22.7. The van der Waals surface area contributed by atoms with E-state index in [0.717, 1.165) is 0 Å². The Bertz CT molecular complexity index is 1370. The molecule has 0 saturated carbocycles. The number of pyridine rings is 1. The van der Waals surface area contributed by atoms with Crippen molar-refractivity contribution in [3.63, 3.8) is 0 Å². The largest absolute Gasteiger partial charge is 0.492 e. The number of nitriles is 1. The Kier molecular flexibility index (Phi) is 5.84. The minimum Gasteiger partial charge on any atom is -0.492 e. The maximum atomic E-state index is 13.1. The molecular formula is C22H24N6O4S. The van der Waals surface area contributed by atoms with Crippen molar-refractivity contribution in [2.45, 2.75) is 30.5 Å². The first-order valence-corrected chi connectivity index (χ1v) is 11.9. The van der Waals surface area contributed by atoms with Crippen LogP contribution in [0.1, 0.15) is 35.5 Å². The molecular weight excluding hydrogens is 444 g/mol. The SMILES string of the molecule is CC1(C)C(N)NCCOc2ccc(NC(=O)c3cn4cc(C#N)ccc4n3)cc2CS1(=O)=O. The third-order valence-corrected chi connectivity index (χ3v) is 8.30. The van der Waals surface area contributed by atoms with Crippen LogP contribution in [-0.2, 0) is 15.6 Å². The predicted octanol–water partition coefficient (Wildman–Crippen LogP) is 1.42. The molecule has 172 valence electrons. The van der Waals surface area contributed by atoms with E-state index in [1.807, 2.05) is 6.07 Å². The van der Waals surface area contributed by atoms with Crippen molar-refractivity contribution in [1.29, 1.82) is 5.26 Å². The topological polar surface area (TPSA) is 152 Å². The first-order chi connectivity index (χ1) is 15.6. The number of hydrogen-bond donors (Lipinski definition) is 3. The summed E-state index contributed by atoms with van der Waals surface area (Å²) in [7, 11) is -3.67. The van der Waals surface area contributed by atoms with Gasteiger partial charge in [0, 0.05) is 30.2 Å². The van der Waals surface area contributed by atoms with Crippen molar-refractivity contribution >= 4 is 27.1 Å². The fourth-order valence-corrected chi connectivity index (χ4v) is 4.96. The highest BCUT2D eigenvalue weighted by Crippen LogP contribution is 2.30. The van der Waals surface area contributed by atoms with E-state index in [1.54, 1.807) is 54.8 Å². The second kappa shape index (κ2) is 8.47. The Balaban J connectivity index is 1.62. The number of imidazole rings is 1. The number of nitrogens with zero attached hydrogens (tertiary/aromatic N) is 3. The average Bonchev–Trinajstić information content (AvgIpc) is 3.20. The molecule has 1 aliphatic rings. The Morgan fingerprint density at radius 2 is 2.12 bits per heavy atom. The van der Waals surface area contributed by atoms with Crippen molar-refractivity contribution < 1.29 is 17.9 Å². The van der Waals surface area contributed by atoms with Crippen LogP contribution < -0.4 is 21.1 Å². The fraction of sp³-hybridized carbons (Fsp3) is 0.318. The summed E-state index contributed by atoms with van der Waals surface area (Å²) in [6.45, 7) is 3.89. The van der Waals surface area contributed by atoms with Gasteiger partial charge in [0.2, 0.25) is 0 Å². The van der Waals surface area contributed by atoms with Crippen molar-refractivity contribution in [3.8, 4) is 11.8 Å². The molecule has 2 aromatic heterocycles. The molecule has 1 aromatic carbocycles. The van der Waals surface area contributed by atoms with Gasteiger partial charge in [-0.2, -0.15) is 5.26 Å². The maximum absolute atomic E-state index is 13.1. The number of nitrogens with one attached hydrogen (secondary N) is 2. The highest BCUT2D eigenvalue weighted by molar-refractivity contribution is 7.92. The maximum Gasteiger partial charge on any atom is 0.275 e. The molecule has 4 N–H and O–H groups in total. The van der Waals surface area contributed by atoms with E-state index in [-0.39, 0.29) is 11.4 Å². The lowest BCUT2D eigenvalue weighted by molar-refractivity contribution is 0.102. The zero-order chi connectivity index (χ0) is 23.8. The summed E-state index contributed by atoms with van der Waals surface area (Å²) in [5.41, 5.74) is 8.05. The summed E-state index contributed by atoms with van der Waals surface area (Å²) in [5.74, 6) is -0.325. The molecule has 10 nitrogen and oxygen atoms in total. The Morgan fingerprint density at radius 1 is 1.33 bits per heavy atom.